The molecule has 19 heavy (non-hydrogen) atoms. The van der Waals surface area contributed by atoms with Gasteiger partial charge in [-0.3, -0.25) is 4.98 Å². The molecule has 0 amide bonds. The molecule has 0 saturated heterocycles. The van der Waals surface area contributed by atoms with Gasteiger partial charge in [-0.15, -0.1) is 0 Å². The van der Waals surface area contributed by atoms with E-state index >= 15 is 0 Å². The second-order valence-corrected chi connectivity index (χ2v) is 5.53. The van der Waals surface area contributed by atoms with Gasteiger partial charge in [-0.2, -0.15) is 0 Å². The molecule has 2 aromatic rings. The lowest BCUT2D eigenvalue weighted by Gasteiger charge is -2.28. The van der Waals surface area contributed by atoms with Gasteiger partial charge >= 0.3 is 0 Å². The third kappa shape index (κ3) is 2.62. The first kappa shape index (κ1) is 12.6. The summed E-state index contributed by atoms with van der Waals surface area (Å²) in [6.07, 6.45) is 6.42. The van der Waals surface area contributed by atoms with E-state index in [9.17, 15) is 5.11 Å². The summed E-state index contributed by atoms with van der Waals surface area (Å²) in [6.45, 7) is 1.05. The van der Waals surface area contributed by atoms with Crippen LogP contribution in [0, 0.1) is 0 Å². The van der Waals surface area contributed by atoms with Crippen molar-refractivity contribution in [3.63, 3.8) is 0 Å². The van der Waals surface area contributed by atoms with Crippen LogP contribution in [0.3, 0.4) is 0 Å². The molecule has 1 aliphatic carbocycles. The minimum absolute atomic E-state index is 0.0517. The quantitative estimate of drug-likeness (QED) is 0.884. The third-order valence-electron chi connectivity index (χ3n) is 4.20. The van der Waals surface area contributed by atoms with Crippen LogP contribution in [0.2, 0.25) is 0 Å². The van der Waals surface area contributed by atoms with E-state index in [0.29, 0.717) is 0 Å². The molecule has 0 atom stereocenters. The Bertz CT molecular complexity index is 561. The highest BCUT2D eigenvalue weighted by molar-refractivity contribution is 5.78. The molecule has 100 valence electrons. The first-order valence-corrected chi connectivity index (χ1v) is 7.01. The van der Waals surface area contributed by atoms with Crippen molar-refractivity contribution in [3.8, 4) is 0 Å². The normalized spacial score (nSPS) is 17.9. The summed E-state index contributed by atoms with van der Waals surface area (Å²) in [6, 6.07) is 10.4. The SMILES string of the molecule is OCC1(NCc2ccc3ncccc3c2)CCCC1. The molecule has 3 nitrogen and oxygen atoms in total. The molecule has 0 aliphatic heterocycles. The number of nitrogens with zero attached hydrogens (tertiary/aromatic N) is 1. The molecule has 3 heteroatoms. The summed E-state index contributed by atoms with van der Waals surface area (Å²) < 4.78 is 0. The number of rotatable bonds is 4. The number of pyridine rings is 1. The van der Waals surface area contributed by atoms with Crippen molar-refractivity contribution in [2.75, 3.05) is 6.61 Å². The molecule has 0 spiro atoms. The lowest BCUT2D eigenvalue weighted by atomic mass is 9.98. The molecule has 2 N–H and O–H groups in total. The monoisotopic (exact) mass is 256 g/mol. The molecular weight excluding hydrogens is 236 g/mol. The molecule has 0 radical (unpaired) electrons. The number of nitrogens with one attached hydrogen (secondary N) is 1. The maximum atomic E-state index is 9.59. The predicted octanol–water partition coefficient (Wildman–Crippen LogP) is 2.63. The fourth-order valence-electron chi connectivity index (χ4n) is 2.97. The molecular formula is C16H20N2O. The Kier molecular flexibility index (Phi) is 3.49. The minimum atomic E-state index is -0.0517. The van der Waals surface area contributed by atoms with Crippen molar-refractivity contribution < 1.29 is 5.11 Å². The molecule has 0 unspecified atom stereocenters. The molecule has 1 aromatic carbocycles. The number of hydrogen-bond acceptors (Lipinski definition) is 3. The second kappa shape index (κ2) is 5.27. The summed E-state index contributed by atoms with van der Waals surface area (Å²) in [7, 11) is 0. The maximum Gasteiger partial charge on any atom is 0.0702 e. The van der Waals surface area contributed by atoms with E-state index < -0.39 is 0 Å². The van der Waals surface area contributed by atoms with Gasteiger partial charge in [-0.25, -0.2) is 0 Å². The fraction of sp³-hybridized carbons (Fsp3) is 0.438. The lowest BCUT2D eigenvalue weighted by Crippen LogP contribution is -2.45. The minimum Gasteiger partial charge on any atom is -0.394 e. The number of aromatic nitrogens is 1. The van der Waals surface area contributed by atoms with Crippen molar-refractivity contribution in [2.45, 2.75) is 37.8 Å². The van der Waals surface area contributed by atoms with E-state index in [4.69, 9.17) is 0 Å². The standard InChI is InChI=1S/C16H20N2O/c19-12-16(7-1-2-8-16)18-11-13-5-6-15-14(10-13)4-3-9-17-15/h3-6,9-10,18-19H,1-2,7-8,11-12H2. The molecule has 1 aliphatic rings. The largest absolute Gasteiger partial charge is 0.394 e. The van der Waals surface area contributed by atoms with Crippen LogP contribution in [0.25, 0.3) is 10.9 Å². The van der Waals surface area contributed by atoms with Crippen LogP contribution in [0.1, 0.15) is 31.2 Å². The van der Waals surface area contributed by atoms with Crippen molar-refractivity contribution in [1.29, 1.82) is 0 Å². The summed E-state index contributed by atoms with van der Waals surface area (Å²) >= 11 is 0. The molecule has 1 heterocycles. The van der Waals surface area contributed by atoms with Crippen molar-refractivity contribution in [2.24, 2.45) is 0 Å². The fourth-order valence-corrected chi connectivity index (χ4v) is 2.97. The molecule has 1 fully saturated rings. The Morgan fingerprint density at radius 2 is 2.05 bits per heavy atom. The summed E-state index contributed by atoms with van der Waals surface area (Å²) in [4.78, 5) is 4.33. The average Bonchev–Trinajstić information content (AvgIpc) is 2.94. The zero-order valence-electron chi connectivity index (χ0n) is 11.1. The molecule has 1 saturated carbocycles. The van der Waals surface area contributed by atoms with E-state index in [0.717, 1.165) is 24.9 Å². The van der Waals surface area contributed by atoms with Gasteiger partial charge in [0.2, 0.25) is 0 Å². The number of benzene rings is 1. The van der Waals surface area contributed by atoms with Gasteiger partial charge < -0.3 is 10.4 Å². The maximum absolute atomic E-state index is 9.59. The topological polar surface area (TPSA) is 45.1 Å². The number of fused-ring (bicyclic) bond motifs is 1. The highest BCUT2D eigenvalue weighted by Gasteiger charge is 2.32. The number of aliphatic hydroxyl groups is 1. The zero-order valence-corrected chi connectivity index (χ0v) is 11.1. The Morgan fingerprint density at radius 1 is 1.21 bits per heavy atom. The van der Waals surface area contributed by atoms with Crippen LogP contribution in [0.5, 0.6) is 0 Å². The smallest absolute Gasteiger partial charge is 0.0702 e. The average molecular weight is 256 g/mol. The predicted molar refractivity (Wildman–Crippen MR) is 76.9 cm³/mol. The van der Waals surface area contributed by atoms with Crippen LogP contribution >= 0.6 is 0 Å². The Hall–Kier alpha value is -1.45. The molecule has 0 bridgehead atoms. The number of aliphatic hydroxyl groups excluding tert-OH is 1. The van der Waals surface area contributed by atoms with Crippen LogP contribution in [0.15, 0.2) is 36.5 Å². The highest BCUT2D eigenvalue weighted by atomic mass is 16.3. The lowest BCUT2D eigenvalue weighted by molar-refractivity contribution is 0.163. The van der Waals surface area contributed by atoms with Crippen molar-refractivity contribution in [3.05, 3.63) is 42.1 Å². The Labute approximate surface area is 113 Å². The first-order chi connectivity index (χ1) is 9.31. The van der Waals surface area contributed by atoms with Gasteiger partial charge in [-0.1, -0.05) is 25.0 Å². The molecule has 3 rings (SSSR count). The summed E-state index contributed by atoms with van der Waals surface area (Å²) in [5.74, 6) is 0. The van der Waals surface area contributed by atoms with Gasteiger partial charge in [0.05, 0.1) is 12.1 Å². The first-order valence-electron chi connectivity index (χ1n) is 7.01. The Balaban J connectivity index is 1.74. The van der Waals surface area contributed by atoms with E-state index in [1.165, 1.54) is 23.8 Å². The third-order valence-corrected chi connectivity index (χ3v) is 4.20. The van der Waals surface area contributed by atoms with Crippen LogP contribution in [0.4, 0.5) is 0 Å². The van der Waals surface area contributed by atoms with Crippen molar-refractivity contribution in [1.82, 2.24) is 10.3 Å². The van der Waals surface area contributed by atoms with E-state index in [2.05, 4.69) is 34.6 Å². The second-order valence-electron chi connectivity index (χ2n) is 5.53. The number of hydrogen-bond donors (Lipinski definition) is 2. The Morgan fingerprint density at radius 3 is 2.84 bits per heavy atom. The van der Waals surface area contributed by atoms with Gasteiger partial charge in [-0.05, 0) is 36.6 Å². The van der Waals surface area contributed by atoms with E-state index in [1.807, 2.05) is 12.3 Å². The highest BCUT2D eigenvalue weighted by Crippen LogP contribution is 2.29. The van der Waals surface area contributed by atoms with Gasteiger partial charge in [0.1, 0.15) is 0 Å². The van der Waals surface area contributed by atoms with Crippen LogP contribution in [-0.2, 0) is 6.54 Å². The summed E-state index contributed by atoms with van der Waals surface area (Å²) in [5, 5.41) is 14.3. The van der Waals surface area contributed by atoms with Gasteiger partial charge in [0, 0.05) is 23.7 Å². The van der Waals surface area contributed by atoms with Crippen LogP contribution in [-0.4, -0.2) is 22.2 Å². The van der Waals surface area contributed by atoms with Crippen LogP contribution < -0.4 is 5.32 Å². The van der Waals surface area contributed by atoms with E-state index in [-0.39, 0.29) is 12.1 Å². The molecule has 1 aromatic heterocycles. The van der Waals surface area contributed by atoms with E-state index in [1.54, 1.807) is 0 Å². The van der Waals surface area contributed by atoms with Gasteiger partial charge in [0.25, 0.3) is 0 Å². The zero-order chi connectivity index (χ0) is 13.1. The van der Waals surface area contributed by atoms with Crippen molar-refractivity contribution >= 4 is 10.9 Å². The summed E-state index contributed by atoms with van der Waals surface area (Å²) in [5.41, 5.74) is 2.23. The van der Waals surface area contributed by atoms with Gasteiger partial charge in [0.15, 0.2) is 0 Å².